The maximum atomic E-state index is 10.5. The molecule has 0 amide bonds. The van der Waals surface area contributed by atoms with Crippen molar-refractivity contribution < 1.29 is 24.3 Å². The molecule has 0 spiro atoms. The van der Waals surface area contributed by atoms with E-state index in [2.05, 4.69) is 28.7 Å². The van der Waals surface area contributed by atoms with Gasteiger partial charge in [0.25, 0.3) is 0 Å². The van der Waals surface area contributed by atoms with E-state index in [1.165, 1.54) is 0 Å². The second-order valence-electron chi connectivity index (χ2n) is 2.87. The van der Waals surface area contributed by atoms with Crippen LogP contribution < -0.4 is 0 Å². The van der Waals surface area contributed by atoms with Crippen LogP contribution in [0.3, 0.4) is 0 Å². The molecule has 0 atom stereocenters. The van der Waals surface area contributed by atoms with Crippen LogP contribution in [0.5, 0.6) is 0 Å². The molecule has 91 valence electrons. The van der Waals surface area contributed by atoms with Crippen LogP contribution >= 0.6 is 0 Å². The number of rotatable bonds is 1. The molecule has 2 aromatic carbocycles. The van der Waals surface area contributed by atoms with Crippen molar-refractivity contribution in [2.24, 2.45) is 0 Å². The first-order valence-electron chi connectivity index (χ1n) is 4.77. The predicted octanol–water partition coefficient (Wildman–Crippen LogP) is 3.07. The summed E-state index contributed by atoms with van der Waals surface area (Å²) in [4.78, 5) is 10.5. The normalized spacial score (nSPS) is 7.82. The number of hydrogen-bond acceptors (Lipinski definition) is 2. The SMILES string of the molecule is [CH2-]C(=O)c1ccccc1.[O]=[Co].[c-]1ccccc1. The zero-order valence-electron chi connectivity index (χ0n) is 9.13. The van der Waals surface area contributed by atoms with E-state index in [9.17, 15) is 4.79 Å². The van der Waals surface area contributed by atoms with Gasteiger partial charge < -0.3 is 4.79 Å². The molecule has 0 aromatic heterocycles. The zero-order chi connectivity index (χ0) is 12.9. The van der Waals surface area contributed by atoms with Gasteiger partial charge in [-0.25, -0.2) is 0 Å². The Bertz CT molecular complexity index is 374. The van der Waals surface area contributed by atoms with Crippen molar-refractivity contribution in [2.45, 2.75) is 0 Å². The molecular formula is C14H12CoO2-2. The van der Waals surface area contributed by atoms with E-state index in [1.807, 2.05) is 48.5 Å². The Morgan fingerprint density at radius 2 is 1.41 bits per heavy atom. The predicted molar refractivity (Wildman–Crippen MR) is 62.1 cm³/mol. The van der Waals surface area contributed by atoms with Crippen LogP contribution in [0.25, 0.3) is 0 Å². The average molecular weight is 271 g/mol. The molecule has 2 rings (SSSR count). The molecular weight excluding hydrogens is 259 g/mol. The fraction of sp³-hybridized carbons (Fsp3) is 0. The van der Waals surface area contributed by atoms with Gasteiger partial charge in [-0.05, 0) is 0 Å². The van der Waals surface area contributed by atoms with Gasteiger partial charge in [0.15, 0.2) is 0 Å². The van der Waals surface area contributed by atoms with Gasteiger partial charge in [0.05, 0.1) is 0 Å². The quantitative estimate of drug-likeness (QED) is 0.590. The van der Waals surface area contributed by atoms with E-state index < -0.39 is 0 Å². The Hall–Kier alpha value is -1.71. The minimum atomic E-state index is -0.129. The van der Waals surface area contributed by atoms with Crippen LogP contribution in [-0.2, 0) is 19.5 Å². The Labute approximate surface area is 109 Å². The maximum absolute atomic E-state index is 10.5. The number of hydrogen-bond donors (Lipinski definition) is 0. The molecule has 0 saturated heterocycles. The van der Waals surface area contributed by atoms with Crippen LogP contribution in [-0.4, -0.2) is 5.78 Å². The standard InChI is InChI=1S/C8H7O.C6H5.Co.O/c1-7(9)8-5-3-2-4-6-8;1-2-4-6-5-3-1;;/h2-6H,1H2;1-5H;;/q2*-1;;. The molecule has 0 saturated carbocycles. The molecule has 17 heavy (non-hydrogen) atoms. The first kappa shape index (κ1) is 15.3. The van der Waals surface area contributed by atoms with Crippen molar-refractivity contribution in [1.29, 1.82) is 0 Å². The Morgan fingerprint density at radius 1 is 0.941 bits per heavy atom. The third-order valence-electron chi connectivity index (χ3n) is 1.70. The largest absolute Gasteiger partial charge is 0.184 e. The van der Waals surface area contributed by atoms with Gasteiger partial charge in [0.1, 0.15) is 0 Å². The van der Waals surface area contributed by atoms with Crippen molar-refractivity contribution in [3.05, 3.63) is 79.2 Å². The van der Waals surface area contributed by atoms with Crippen molar-refractivity contribution in [3.63, 3.8) is 0 Å². The molecule has 0 aliphatic heterocycles. The molecule has 0 aliphatic carbocycles. The first-order chi connectivity index (χ1) is 8.30. The summed E-state index contributed by atoms with van der Waals surface area (Å²) in [5, 5.41) is 0. The molecule has 0 N–H and O–H groups in total. The fourth-order valence-electron chi connectivity index (χ4n) is 0.966. The van der Waals surface area contributed by atoms with Gasteiger partial charge >= 0.3 is 19.5 Å². The molecule has 0 unspecified atom stereocenters. The first-order valence-corrected chi connectivity index (χ1v) is 5.19. The van der Waals surface area contributed by atoms with Crippen molar-refractivity contribution >= 4 is 5.78 Å². The minimum absolute atomic E-state index is 0.129. The molecule has 0 heterocycles. The van der Waals surface area contributed by atoms with Gasteiger partial charge in [-0.1, -0.05) is 18.2 Å². The molecule has 2 aromatic rings. The smallest absolute Gasteiger partial charge is 0.171 e. The topological polar surface area (TPSA) is 34.1 Å². The maximum Gasteiger partial charge on any atom is -0.171 e. The summed E-state index contributed by atoms with van der Waals surface area (Å²) in [5.41, 5.74) is 0.664. The number of ketones is 1. The third-order valence-corrected chi connectivity index (χ3v) is 1.70. The van der Waals surface area contributed by atoms with Gasteiger partial charge in [-0.2, -0.15) is 43.3 Å². The Morgan fingerprint density at radius 3 is 1.65 bits per heavy atom. The minimum Gasteiger partial charge on any atom is -0.184 e. The van der Waals surface area contributed by atoms with Crippen LogP contribution in [0.4, 0.5) is 0 Å². The molecule has 0 aliphatic rings. The summed E-state index contributed by atoms with van der Waals surface area (Å²) in [6, 6.07) is 21.5. The number of carbonyl (C=O) groups excluding carboxylic acids is 1. The average Bonchev–Trinajstić information content (AvgIpc) is 2.44. The second-order valence-corrected chi connectivity index (χ2v) is 2.87. The number of Topliss-reactive ketones (excluding diaryl/α,β-unsaturated/α-hetero) is 1. The number of carbonyl (C=O) groups is 1. The van der Waals surface area contributed by atoms with E-state index in [0.29, 0.717) is 5.56 Å². The monoisotopic (exact) mass is 271 g/mol. The summed E-state index contributed by atoms with van der Waals surface area (Å²) in [6.45, 7) is 3.27. The van der Waals surface area contributed by atoms with Crippen molar-refractivity contribution in [2.75, 3.05) is 0 Å². The molecule has 0 bridgehead atoms. The molecule has 0 radical (unpaired) electrons. The third kappa shape index (κ3) is 8.13. The van der Waals surface area contributed by atoms with Gasteiger partial charge in [0.2, 0.25) is 0 Å². The van der Waals surface area contributed by atoms with Crippen molar-refractivity contribution in [1.82, 2.24) is 0 Å². The summed E-state index contributed by atoms with van der Waals surface area (Å²) in [6.07, 6.45) is 0. The van der Waals surface area contributed by atoms with E-state index >= 15 is 0 Å². The van der Waals surface area contributed by atoms with Crippen molar-refractivity contribution in [3.8, 4) is 0 Å². The zero-order valence-corrected chi connectivity index (χ0v) is 10.2. The van der Waals surface area contributed by atoms with Gasteiger partial charge in [0, 0.05) is 5.78 Å². The van der Waals surface area contributed by atoms with Gasteiger partial charge in [-0.15, -0.1) is 17.7 Å². The van der Waals surface area contributed by atoms with Crippen LogP contribution in [0.15, 0.2) is 60.7 Å². The van der Waals surface area contributed by atoms with E-state index in [1.54, 1.807) is 12.1 Å². The summed E-state index contributed by atoms with van der Waals surface area (Å²) in [5.74, 6) is -0.129. The fourth-order valence-corrected chi connectivity index (χ4v) is 0.966. The van der Waals surface area contributed by atoms with E-state index in [-0.39, 0.29) is 5.78 Å². The van der Waals surface area contributed by atoms with Crippen LogP contribution in [0.2, 0.25) is 0 Å². The van der Waals surface area contributed by atoms with E-state index in [0.717, 1.165) is 0 Å². The van der Waals surface area contributed by atoms with Crippen LogP contribution in [0, 0.1) is 13.0 Å². The second kappa shape index (κ2) is 10.8. The Kier molecular flexibility index (Phi) is 9.70. The summed E-state index contributed by atoms with van der Waals surface area (Å²) < 4.78 is 7.94. The molecule has 2 nitrogen and oxygen atoms in total. The van der Waals surface area contributed by atoms with Gasteiger partial charge in [-0.3, -0.25) is 0 Å². The van der Waals surface area contributed by atoms with Crippen LogP contribution in [0.1, 0.15) is 10.4 Å². The summed E-state index contributed by atoms with van der Waals surface area (Å²) in [7, 11) is 0. The number of benzene rings is 2. The summed E-state index contributed by atoms with van der Waals surface area (Å²) >= 11 is 2.31. The Balaban J connectivity index is 0.000000278. The van der Waals surface area contributed by atoms with E-state index in [4.69, 9.17) is 3.87 Å². The molecule has 0 fully saturated rings. The molecule has 3 heteroatoms.